The van der Waals surface area contributed by atoms with Gasteiger partial charge in [0.15, 0.2) is 0 Å². The molecule has 1 aromatic carbocycles. The fourth-order valence-corrected chi connectivity index (χ4v) is 2.16. The van der Waals surface area contributed by atoms with Crippen molar-refractivity contribution in [3.63, 3.8) is 0 Å². The molecule has 0 amide bonds. The van der Waals surface area contributed by atoms with E-state index in [2.05, 4.69) is 25.7 Å². The SMILES string of the molecule is c1cc2c(cc1=C1N=NN=N1)SCN=2. The number of nitrogens with zero attached hydrogens (tertiary/aromatic N) is 5. The van der Waals surface area contributed by atoms with Crippen LogP contribution in [0.5, 0.6) is 0 Å². The van der Waals surface area contributed by atoms with Crippen LogP contribution in [0, 0.1) is 0 Å². The van der Waals surface area contributed by atoms with Crippen molar-refractivity contribution in [3.8, 4) is 0 Å². The average molecular weight is 203 g/mol. The first-order valence-corrected chi connectivity index (χ1v) is 5.05. The summed E-state index contributed by atoms with van der Waals surface area (Å²) in [5.41, 5.74) is 0. The summed E-state index contributed by atoms with van der Waals surface area (Å²) in [4.78, 5) is 5.49. The van der Waals surface area contributed by atoms with Gasteiger partial charge in [-0.15, -0.1) is 22.0 Å². The standard InChI is InChI=1S/C8H5N5S/c1-2-6-7(14-4-9-6)3-5(1)8-10-12-13-11-8/h1-3H,4H2. The zero-order valence-corrected chi connectivity index (χ0v) is 7.90. The van der Waals surface area contributed by atoms with Crippen LogP contribution in [0.2, 0.25) is 0 Å². The van der Waals surface area contributed by atoms with Gasteiger partial charge >= 0.3 is 0 Å². The molecule has 0 saturated carbocycles. The molecule has 2 heterocycles. The number of fused-ring (bicyclic) bond motifs is 1. The highest BCUT2D eigenvalue weighted by molar-refractivity contribution is 7.99. The summed E-state index contributed by atoms with van der Waals surface area (Å²) in [7, 11) is 0. The fourth-order valence-electron chi connectivity index (χ4n) is 1.33. The van der Waals surface area contributed by atoms with Crippen molar-refractivity contribution in [2.75, 3.05) is 5.88 Å². The van der Waals surface area contributed by atoms with Crippen molar-refractivity contribution in [3.05, 3.63) is 28.8 Å². The third-order valence-electron chi connectivity index (χ3n) is 1.99. The third kappa shape index (κ3) is 1.15. The van der Waals surface area contributed by atoms with Crippen LogP contribution in [0.4, 0.5) is 0 Å². The molecule has 2 aliphatic heterocycles. The molecular weight excluding hydrogens is 198 g/mol. The maximum absolute atomic E-state index is 4.31. The molecule has 0 atom stereocenters. The van der Waals surface area contributed by atoms with E-state index in [1.807, 2.05) is 18.2 Å². The van der Waals surface area contributed by atoms with Crippen LogP contribution in [0.15, 0.2) is 48.8 Å². The van der Waals surface area contributed by atoms with E-state index < -0.39 is 0 Å². The van der Waals surface area contributed by atoms with E-state index in [0.717, 1.165) is 16.5 Å². The van der Waals surface area contributed by atoms with E-state index in [9.17, 15) is 0 Å². The smallest absolute Gasteiger partial charge is 0.207 e. The highest BCUT2D eigenvalue weighted by Gasteiger charge is 2.06. The molecule has 0 spiro atoms. The lowest BCUT2D eigenvalue weighted by molar-refractivity contribution is 1.06. The Bertz CT molecular complexity index is 546. The minimum atomic E-state index is 0.570. The normalized spacial score (nSPS) is 17.3. The summed E-state index contributed by atoms with van der Waals surface area (Å²) in [6.07, 6.45) is 0. The largest absolute Gasteiger partial charge is 0.273 e. The molecule has 0 aliphatic carbocycles. The molecule has 0 bridgehead atoms. The van der Waals surface area contributed by atoms with E-state index in [4.69, 9.17) is 0 Å². The van der Waals surface area contributed by atoms with Gasteiger partial charge in [0.1, 0.15) is 0 Å². The Morgan fingerprint density at radius 3 is 2.86 bits per heavy atom. The predicted molar refractivity (Wildman–Crippen MR) is 51.1 cm³/mol. The van der Waals surface area contributed by atoms with Crippen molar-refractivity contribution in [2.24, 2.45) is 25.7 Å². The molecule has 0 fully saturated rings. The van der Waals surface area contributed by atoms with Crippen molar-refractivity contribution in [1.82, 2.24) is 0 Å². The van der Waals surface area contributed by atoms with Crippen LogP contribution in [0.25, 0.3) is 5.82 Å². The van der Waals surface area contributed by atoms with Gasteiger partial charge in [-0.05, 0) is 28.6 Å². The summed E-state index contributed by atoms with van der Waals surface area (Å²) in [5.74, 6) is 1.37. The fraction of sp³-hybridized carbons (Fsp3) is 0.125. The van der Waals surface area contributed by atoms with Crippen molar-refractivity contribution in [2.45, 2.75) is 4.90 Å². The van der Waals surface area contributed by atoms with Gasteiger partial charge in [-0.2, -0.15) is 0 Å². The van der Waals surface area contributed by atoms with Crippen molar-refractivity contribution >= 4 is 17.6 Å². The van der Waals surface area contributed by atoms with Crippen molar-refractivity contribution in [1.29, 1.82) is 0 Å². The molecular formula is C8H5N5S. The lowest BCUT2D eigenvalue weighted by Gasteiger charge is -1.91. The molecule has 0 N–H and O–H groups in total. The van der Waals surface area contributed by atoms with Crippen LogP contribution in [0.3, 0.4) is 0 Å². The predicted octanol–water partition coefficient (Wildman–Crippen LogP) is 1.27. The first kappa shape index (κ1) is 7.81. The lowest BCUT2D eigenvalue weighted by Crippen LogP contribution is -2.10. The second kappa shape index (κ2) is 2.98. The van der Waals surface area contributed by atoms with Gasteiger partial charge in [0.25, 0.3) is 0 Å². The number of thioether (sulfide) groups is 1. The zero-order valence-electron chi connectivity index (χ0n) is 7.08. The molecule has 0 saturated heterocycles. The second-order valence-corrected chi connectivity index (χ2v) is 3.80. The molecule has 2 aliphatic rings. The van der Waals surface area contributed by atoms with Gasteiger partial charge in [-0.1, -0.05) is 0 Å². The number of hydrogen-bond donors (Lipinski definition) is 0. The first-order valence-electron chi connectivity index (χ1n) is 4.07. The lowest BCUT2D eigenvalue weighted by atomic mass is 10.3. The maximum Gasteiger partial charge on any atom is 0.207 e. The van der Waals surface area contributed by atoms with E-state index in [-0.39, 0.29) is 0 Å². The summed E-state index contributed by atoms with van der Waals surface area (Å²) < 4.78 is 0. The highest BCUT2D eigenvalue weighted by atomic mass is 32.2. The molecule has 68 valence electrons. The molecule has 3 rings (SSSR count). The Labute approximate surface area is 83.3 Å². The van der Waals surface area contributed by atoms with Crippen LogP contribution in [-0.4, -0.2) is 5.88 Å². The Morgan fingerprint density at radius 2 is 2.00 bits per heavy atom. The molecule has 5 nitrogen and oxygen atoms in total. The van der Waals surface area contributed by atoms with E-state index >= 15 is 0 Å². The summed E-state index contributed by atoms with van der Waals surface area (Å²) in [5, 5.41) is 16.5. The van der Waals surface area contributed by atoms with E-state index in [1.165, 1.54) is 4.90 Å². The van der Waals surface area contributed by atoms with Crippen LogP contribution < -0.4 is 10.6 Å². The molecule has 1 aromatic rings. The molecule has 0 radical (unpaired) electrons. The minimum absolute atomic E-state index is 0.570. The molecule has 0 unspecified atom stereocenters. The van der Waals surface area contributed by atoms with Gasteiger partial charge in [0.05, 0.1) is 11.2 Å². The second-order valence-electron chi connectivity index (χ2n) is 2.82. The van der Waals surface area contributed by atoms with E-state index in [0.29, 0.717) is 5.82 Å². The molecule has 14 heavy (non-hydrogen) atoms. The minimum Gasteiger partial charge on any atom is -0.273 e. The van der Waals surface area contributed by atoms with Crippen molar-refractivity contribution < 1.29 is 0 Å². The van der Waals surface area contributed by atoms with Gasteiger partial charge in [0.2, 0.25) is 5.82 Å². The zero-order chi connectivity index (χ0) is 9.38. The average Bonchev–Trinajstić information content (AvgIpc) is 2.88. The quantitative estimate of drug-likeness (QED) is 0.626. The topological polar surface area (TPSA) is 61.8 Å². The molecule has 6 heteroatoms. The Hall–Kier alpha value is -1.56. The van der Waals surface area contributed by atoms with Gasteiger partial charge in [0, 0.05) is 10.1 Å². The summed E-state index contributed by atoms with van der Waals surface area (Å²) >= 11 is 1.72. The molecule has 0 aromatic heterocycles. The highest BCUT2D eigenvalue weighted by Crippen LogP contribution is 2.16. The maximum atomic E-state index is 4.31. The number of rotatable bonds is 0. The van der Waals surface area contributed by atoms with Crippen LogP contribution in [-0.2, 0) is 0 Å². The van der Waals surface area contributed by atoms with Gasteiger partial charge in [-0.3, -0.25) is 4.99 Å². The number of benzene rings is 1. The van der Waals surface area contributed by atoms with Crippen LogP contribution in [0.1, 0.15) is 0 Å². The summed E-state index contributed by atoms with van der Waals surface area (Å²) in [6, 6.07) is 5.93. The Morgan fingerprint density at radius 1 is 1.14 bits per heavy atom. The van der Waals surface area contributed by atoms with E-state index in [1.54, 1.807) is 11.8 Å². The third-order valence-corrected chi connectivity index (χ3v) is 2.89. The Balaban J connectivity index is 2.28. The Kier molecular flexibility index (Phi) is 1.66. The monoisotopic (exact) mass is 203 g/mol. The van der Waals surface area contributed by atoms with Crippen LogP contribution >= 0.6 is 11.8 Å². The van der Waals surface area contributed by atoms with Gasteiger partial charge in [-0.25, -0.2) is 0 Å². The summed E-state index contributed by atoms with van der Waals surface area (Å²) in [6.45, 7) is 0. The first-order chi connectivity index (χ1) is 6.93. The van der Waals surface area contributed by atoms with Gasteiger partial charge < -0.3 is 0 Å². The number of hydrogen-bond acceptors (Lipinski definition) is 6.